The number of nitrogens with zero attached hydrogens (tertiary/aromatic N) is 4. The second-order valence-electron chi connectivity index (χ2n) is 7.28. The van der Waals surface area contributed by atoms with E-state index in [2.05, 4.69) is 69.9 Å². The molecule has 0 unspecified atom stereocenters. The second kappa shape index (κ2) is 7.37. The molecule has 0 aliphatic rings. The molecule has 0 amide bonds. The maximum atomic E-state index is 6.06. The van der Waals surface area contributed by atoms with Crippen molar-refractivity contribution in [2.45, 2.75) is 19.4 Å². The lowest BCUT2D eigenvalue weighted by Gasteiger charge is -2.10. The third-order valence-electron chi connectivity index (χ3n) is 5.01. The van der Waals surface area contributed by atoms with E-state index in [1.54, 1.807) is 6.20 Å². The van der Waals surface area contributed by atoms with E-state index >= 15 is 0 Å². The van der Waals surface area contributed by atoms with E-state index in [0.29, 0.717) is 5.82 Å². The van der Waals surface area contributed by atoms with Gasteiger partial charge in [-0.1, -0.05) is 18.2 Å². The van der Waals surface area contributed by atoms with E-state index in [9.17, 15) is 0 Å². The van der Waals surface area contributed by atoms with E-state index in [1.165, 1.54) is 17.5 Å². The number of fused-ring (bicyclic) bond motifs is 2. The molecule has 0 radical (unpaired) electrons. The highest BCUT2D eigenvalue weighted by Gasteiger charge is 2.07. The van der Waals surface area contributed by atoms with Gasteiger partial charge < -0.3 is 15.2 Å². The van der Waals surface area contributed by atoms with E-state index in [-0.39, 0.29) is 0 Å². The van der Waals surface area contributed by atoms with Crippen molar-refractivity contribution < 1.29 is 0 Å². The van der Waals surface area contributed by atoms with Crippen LogP contribution in [0.25, 0.3) is 32.9 Å². The number of imidazole rings is 1. The normalized spacial score (nSPS) is 11.7. The van der Waals surface area contributed by atoms with Crippen LogP contribution in [-0.4, -0.2) is 40.1 Å². The average molecular weight is 359 g/mol. The van der Waals surface area contributed by atoms with Crippen LogP contribution < -0.4 is 5.73 Å². The zero-order chi connectivity index (χ0) is 18.8. The molecule has 2 aromatic heterocycles. The number of unbranched alkanes of at least 4 members (excludes halogenated alkanes) is 1. The molecule has 138 valence electrons. The molecule has 0 aliphatic heterocycles. The first-order valence-corrected chi connectivity index (χ1v) is 9.36. The van der Waals surface area contributed by atoms with Gasteiger partial charge in [0.15, 0.2) is 0 Å². The van der Waals surface area contributed by atoms with Crippen molar-refractivity contribution in [1.29, 1.82) is 0 Å². The minimum absolute atomic E-state index is 0.571. The van der Waals surface area contributed by atoms with Crippen molar-refractivity contribution in [3.05, 3.63) is 55.0 Å². The van der Waals surface area contributed by atoms with Crippen LogP contribution in [0.15, 0.2) is 55.0 Å². The minimum atomic E-state index is 0.571. The summed E-state index contributed by atoms with van der Waals surface area (Å²) >= 11 is 0. The Bertz CT molecular complexity index is 1080. The summed E-state index contributed by atoms with van der Waals surface area (Å²) in [4.78, 5) is 11.0. The molecular weight excluding hydrogens is 334 g/mol. The number of aryl methyl sites for hydroxylation is 1. The Kier molecular flexibility index (Phi) is 4.77. The van der Waals surface area contributed by atoms with Gasteiger partial charge >= 0.3 is 0 Å². The third kappa shape index (κ3) is 3.64. The Morgan fingerprint density at radius 2 is 1.78 bits per heavy atom. The summed E-state index contributed by atoms with van der Waals surface area (Å²) in [5.74, 6) is 0.571. The van der Waals surface area contributed by atoms with Crippen LogP contribution in [0, 0.1) is 0 Å². The molecule has 0 saturated heterocycles. The number of hydrogen-bond donors (Lipinski definition) is 1. The third-order valence-corrected chi connectivity index (χ3v) is 5.01. The van der Waals surface area contributed by atoms with Gasteiger partial charge in [-0.2, -0.15) is 0 Å². The molecule has 0 spiro atoms. The Labute approximate surface area is 159 Å². The zero-order valence-corrected chi connectivity index (χ0v) is 15.9. The van der Waals surface area contributed by atoms with Gasteiger partial charge in [0.05, 0.1) is 17.4 Å². The smallest absolute Gasteiger partial charge is 0.131 e. The molecule has 0 atom stereocenters. The van der Waals surface area contributed by atoms with Crippen molar-refractivity contribution in [1.82, 2.24) is 19.4 Å². The fraction of sp³-hybridized carbons (Fsp3) is 0.273. The van der Waals surface area contributed by atoms with Gasteiger partial charge in [-0.05, 0) is 74.3 Å². The minimum Gasteiger partial charge on any atom is -0.383 e. The van der Waals surface area contributed by atoms with Crippen LogP contribution in [0.2, 0.25) is 0 Å². The molecule has 0 saturated carbocycles. The first-order valence-electron chi connectivity index (χ1n) is 9.36. The largest absolute Gasteiger partial charge is 0.383 e. The predicted octanol–water partition coefficient (Wildman–Crippen LogP) is 4.18. The first kappa shape index (κ1) is 17.5. The van der Waals surface area contributed by atoms with E-state index in [0.717, 1.165) is 41.4 Å². The number of nitrogen functional groups attached to an aromatic ring is 1. The highest BCUT2D eigenvalue weighted by molar-refractivity contribution is 5.94. The van der Waals surface area contributed by atoms with E-state index < -0.39 is 0 Å². The number of nitrogens with two attached hydrogens (primary N) is 1. The Balaban J connectivity index is 1.65. The summed E-state index contributed by atoms with van der Waals surface area (Å²) in [5, 5.41) is 2.10. The molecule has 0 aliphatic carbocycles. The van der Waals surface area contributed by atoms with Crippen LogP contribution in [0.5, 0.6) is 0 Å². The fourth-order valence-electron chi connectivity index (χ4n) is 3.50. The number of anilines is 1. The molecule has 0 bridgehead atoms. The van der Waals surface area contributed by atoms with Gasteiger partial charge in [0, 0.05) is 18.1 Å². The molecule has 5 nitrogen and oxygen atoms in total. The lowest BCUT2D eigenvalue weighted by atomic mass is 10.0. The fourth-order valence-corrected chi connectivity index (χ4v) is 3.50. The standard InChI is InChI=1S/C22H25N5/c1-26(2)11-3-4-12-27-15-25-20-8-7-18(14-21(20)27)17-6-5-16-9-10-24-22(23)19(16)13-17/h5-10,13-15H,3-4,11-12H2,1-2H3,(H2,23,24). The molecule has 2 aromatic carbocycles. The van der Waals surface area contributed by atoms with Crippen LogP contribution in [0.4, 0.5) is 5.82 Å². The van der Waals surface area contributed by atoms with E-state index in [4.69, 9.17) is 5.73 Å². The van der Waals surface area contributed by atoms with Gasteiger partial charge in [0.2, 0.25) is 0 Å². The van der Waals surface area contributed by atoms with Crippen LogP contribution in [0.3, 0.4) is 0 Å². The average Bonchev–Trinajstić information content (AvgIpc) is 3.07. The monoisotopic (exact) mass is 359 g/mol. The summed E-state index contributed by atoms with van der Waals surface area (Å²) in [6, 6.07) is 14.8. The molecule has 27 heavy (non-hydrogen) atoms. The van der Waals surface area contributed by atoms with Crippen molar-refractivity contribution in [3.8, 4) is 11.1 Å². The van der Waals surface area contributed by atoms with E-state index in [1.807, 2.05) is 12.4 Å². The highest BCUT2D eigenvalue weighted by Crippen LogP contribution is 2.29. The van der Waals surface area contributed by atoms with Gasteiger partial charge in [-0.3, -0.25) is 0 Å². The first-order chi connectivity index (χ1) is 13.1. The number of pyridine rings is 1. The quantitative estimate of drug-likeness (QED) is 0.525. The number of aromatic nitrogens is 3. The maximum absolute atomic E-state index is 6.06. The SMILES string of the molecule is CN(C)CCCCn1cnc2ccc(-c3ccc4ccnc(N)c4c3)cc21. The van der Waals surface area contributed by atoms with Gasteiger partial charge in [0.1, 0.15) is 5.82 Å². The van der Waals surface area contributed by atoms with Gasteiger partial charge in [-0.15, -0.1) is 0 Å². The molecule has 4 rings (SSSR count). The summed E-state index contributed by atoms with van der Waals surface area (Å²) in [5.41, 5.74) is 10.6. The Hall–Kier alpha value is -2.92. The lowest BCUT2D eigenvalue weighted by Crippen LogP contribution is -2.13. The molecule has 4 aromatic rings. The maximum Gasteiger partial charge on any atom is 0.131 e. The lowest BCUT2D eigenvalue weighted by molar-refractivity contribution is 0.388. The van der Waals surface area contributed by atoms with Crippen molar-refractivity contribution in [3.63, 3.8) is 0 Å². The molecule has 2 heterocycles. The molecule has 2 N–H and O–H groups in total. The van der Waals surface area contributed by atoms with Crippen molar-refractivity contribution >= 4 is 27.6 Å². The van der Waals surface area contributed by atoms with Gasteiger partial charge in [-0.25, -0.2) is 9.97 Å². The second-order valence-corrected chi connectivity index (χ2v) is 7.28. The zero-order valence-electron chi connectivity index (χ0n) is 15.9. The molecule has 5 heteroatoms. The number of rotatable bonds is 6. The van der Waals surface area contributed by atoms with Crippen molar-refractivity contribution in [2.24, 2.45) is 0 Å². The number of benzene rings is 2. The van der Waals surface area contributed by atoms with Crippen molar-refractivity contribution in [2.75, 3.05) is 26.4 Å². The van der Waals surface area contributed by atoms with Crippen LogP contribution in [0.1, 0.15) is 12.8 Å². The van der Waals surface area contributed by atoms with Crippen LogP contribution >= 0.6 is 0 Å². The highest BCUT2D eigenvalue weighted by atomic mass is 15.1. The summed E-state index contributed by atoms with van der Waals surface area (Å²) in [7, 11) is 4.23. The Morgan fingerprint density at radius 3 is 2.63 bits per heavy atom. The summed E-state index contributed by atoms with van der Waals surface area (Å²) < 4.78 is 2.26. The number of hydrogen-bond acceptors (Lipinski definition) is 4. The summed E-state index contributed by atoms with van der Waals surface area (Å²) in [6.07, 6.45) is 6.03. The predicted molar refractivity (Wildman–Crippen MR) is 113 cm³/mol. The topological polar surface area (TPSA) is 60.0 Å². The molecule has 0 fully saturated rings. The van der Waals surface area contributed by atoms with Gasteiger partial charge in [0.25, 0.3) is 0 Å². The molecular formula is C22H25N5. The summed E-state index contributed by atoms with van der Waals surface area (Å²) in [6.45, 7) is 2.10. The Morgan fingerprint density at radius 1 is 0.963 bits per heavy atom. The van der Waals surface area contributed by atoms with Crippen LogP contribution in [-0.2, 0) is 6.54 Å².